The van der Waals surface area contributed by atoms with E-state index in [4.69, 9.17) is 5.73 Å². The average molecular weight is 299 g/mol. The highest BCUT2D eigenvalue weighted by molar-refractivity contribution is 5.96. The number of rotatable bonds is 3. The molecule has 1 aliphatic heterocycles. The monoisotopic (exact) mass is 299 g/mol. The molecule has 2 aromatic rings. The molecule has 6 heteroatoms. The zero-order valence-electron chi connectivity index (χ0n) is 12.8. The van der Waals surface area contributed by atoms with E-state index in [0.29, 0.717) is 6.54 Å². The Hall–Kier alpha value is -2.21. The van der Waals surface area contributed by atoms with Gasteiger partial charge in [0.2, 0.25) is 0 Å². The number of amides is 1. The van der Waals surface area contributed by atoms with Crippen LogP contribution in [0.5, 0.6) is 0 Å². The number of carbonyl (C=O) groups excluding carboxylic acids is 1. The highest BCUT2D eigenvalue weighted by Gasteiger charge is 2.27. The molecule has 1 amide bonds. The largest absolute Gasteiger partial charge is 0.334 e. The normalized spacial score (nSPS) is 18.5. The van der Waals surface area contributed by atoms with Crippen LogP contribution in [0, 0.1) is 6.92 Å². The molecule has 1 fully saturated rings. The Labute approximate surface area is 129 Å². The fraction of sp³-hybridized carbons (Fsp3) is 0.438. The zero-order chi connectivity index (χ0) is 15.5. The predicted molar refractivity (Wildman–Crippen MR) is 83.8 cm³/mol. The standard InChI is InChI=1S/C16H21N5O/c1-12-8-13(21-11-18-10-19-21)5-6-15(12)16(22)20-7-3-2-4-14(20)9-17/h5-6,8,10-11,14H,2-4,7,9,17H2,1H3. The summed E-state index contributed by atoms with van der Waals surface area (Å²) in [5, 5.41) is 4.11. The molecule has 1 aromatic heterocycles. The third-order valence-electron chi connectivity index (χ3n) is 4.28. The van der Waals surface area contributed by atoms with Crippen molar-refractivity contribution >= 4 is 5.91 Å². The molecule has 6 nitrogen and oxygen atoms in total. The fourth-order valence-electron chi connectivity index (χ4n) is 3.04. The number of hydrogen-bond acceptors (Lipinski definition) is 4. The van der Waals surface area contributed by atoms with Crippen LogP contribution in [-0.2, 0) is 0 Å². The smallest absolute Gasteiger partial charge is 0.254 e. The first-order chi connectivity index (χ1) is 10.7. The SMILES string of the molecule is Cc1cc(-n2cncn2)ccc1C(=O)N1CCCCC1CN. The van der Waals surface area contributed by atoms with E-state index in [1.165, 1.54) is 6.33 Å². The number of carbonyl (C=O) groups is 1. The van der Waals surface area contributed by atoms with Crippen LogP contribution in [-0.4, -0.2) is 44.7 Å². The van der Waals surface area contributed by atoms with Crippen LogP contribution in [0.25, 0.3) is 5.69 Å². The maximum absolute atomic E-state index is 12.8. The van der Waals surface area contributed by atoms with Gasteiger partial charge in [-0.1, -0.05) is 0 Å². The number of benzene rings is 1. The van der Waals surface area contributed by atoms with Crippen LogP contribution in [0.3, 0.4) is 0 Å². The summed E-state index contributed by atoms with van der Waals surface area (Å²) in [6.45, 7) is 3.28. The molecule has 0 aliphatic carbocycles. The minimum atomic E-state index is 0.0813. The highest BCUT2D eigenvalue weighted by atomic mass is 16.2. The molecule has 1 saturated heterocycles. The van der Waals surface area contributed by atoms with Gasteiger partial charge < -0.3 is 10.6 Å². The Balaban J connectivity index is 1.86. The molecule has 0 spiro atoms. The van der Waals surface area contributed by atoms with E-state index in [9.17, 15) is 4.79 Å². The number of nitrogens with zero attached hydrogens (tertiary/aromatic N) is 4. The minimum Gasteiger partial charge on any atom is -0.334 e. The minimum absolute atomic E-state index is 0.0813. The van der Waals surface area contributed by atoms with Crippen LogP contribution in [0.4, 0.5) is 0 Å². The van der Waals surface area contributed by atoms with Gasteiger partial charge in [0.05, 0.1) is 5.69 Å². The number of hydrogen-bond donors (Lipinski definition) is 1. The van der Waals surface area contributed by atoms with Crippen molar-refractivity contribution in [1.29, 1.82) is 0 Å². The van der Waals surface area contributed by atoms with Crippen molar-refractivity contribution in [3.05, 3.63) is 42.0 Å². The first kappa shape index (κ1) is 14.7. The second kappa shape index (κ2) is 6.27. The fourth-order valence-corrected chi connectivity index (χ4v) is 3.04. The number of aryl methyl sites for hydroxylation is 1. The Bertz CT molecular complexity index is 653. The van der Waals surface area contributed by atoms with Gasteiger partial charge in [-0.3, -0.25) is 4.79 Å². The highest BCUT2D eigenvalue weighted by Crippen LogP contribution is 2.22. The average Bonchev–Trinajstić information content (AvgIpc) is 3.08. The van der Waals surface area contributed by atoms with Gasteiger partial charge in [0.25, 0.3) is 5.91 Å². The summed E-state index contributed by atoms with van der Waals surface area (Å²) in [5.74, 6) is 0.0813. The van der Waals surface area contributed by atoms with Gasteiger partial charge in [0.15, 0.2) is 0 Å². The zero-order valence-corrected chi connectivity index (χ0v) is 12.8. The van der Waals surface area contributed by atoms with Crippen molar-refractivity contribution in [2.24, 2.45) is 5.73 Å². The molecule has 116 valence electrons. The van der Waals surface area contributed by atoms with Gasteiger partial charge in [-0.2, -0.15) is 5.10 Å². The van der Waals surface area contributed by atoms with E-state index in [1.807, 2.05) is 30.0 Å². The van der Waals surface area contributed by atoms with Gasteiger partial charge in [-0.25, -0.2) is 9.67 Å². The van der Waals surface area contributed by atoms with E-state index in [-0.39, 0.29) is 11.9 Å². The summed E-state index contributed by atoms with van der Waals surface area (Å²) in [6, 6.07) is 5.90. The number of aromatic nitrogens is 3. The summed E-state index contributed by atoms with van der Waals surface area (Å²) in [6.07, 6.45) is 6.34. The van der Waals surface area contributed by atoms with Crippen LogP contribution >= 0.6 is 0 Å². The molecule has 3 rings (SSSR count). The maximum Gasteiger partial charge on any atom is 0.254 e. The first-order valence-electron chi connectivity index (χ1n) is 7.67. The third-order valence-corrected chi connectivity index (χ3v) is 4.28. The lowest BCUT2D eigenvalue weighted by molar-refractivity contribution is 0.0622. The van der Waals surface area contributed by atoms with Gasteiger partial charge >= 0.3 is 0 Å². The van der Waals surface area contributed by atoms with Gasteiger partial charge in [0.1, 0.15) is 12.7 Å². The molecule has 0 radical (unpaired) electrons. The number of likely N-dealkylation sites (tertiary alicyclic amines) is 1. The van der Waals surface area contributed by atoms with Crippen LogP contribution < -0.4 is 5.73 Å². The summed E-state index contributed by atoms with van der Waals surface area (Å²) in [4.78, 5) is 18.7. The van der Waals surface area contributed by atoms with Crippen molar-refractivity contribution in [2.45, 2.75) is 32.2 Å². The molecule has 0 bridgehead atoms. The Kier molecular flexibility index (Phi) is 4.20. The second-order valence-corrected chi connectivity index (χ2v) is 5.72. The van der Waals surface area contributed by atoms with E-state index in [1.54, 1.807) is 11.0 Å². The molecule has 1 atom stereocenters. The second-order valence-electron chi connectivity index (χ2n) is 5.72. The van der Waals surface area contributed by atoms with Gasteiger partial charge in [0, 0.05) is 24.7 Å². The van der Waals surface area contributed by atoms with Crippen molar-refractivity contribution in [1.82, 2.24) is 19.7 Å². The lowest BCUT2D eigenvalue weighted by Crippen LogP contribution is -2.47. The predicted octanol–water partition coefficient (Wildman–Crippen LogP) is 1.53. The molecular formula is C16H21N5O. The van der Waals surface area contributed by atoms with Crippen LogP contribution in [0.15, 0.2) is 30.9 Å². The van der Waals surface area contributed by atoms with E-state index in [0.717, 1.165) is 42.6 Å². The maximum atomic E-state index is 12.8. The van der Waals surface area contributed by atoms with Crippen LogP contribution in [0.2, 0.25) is 0 Å². The lowest BCUT2D eigenvalue weighted by Gasteiger charge is -2.35. The molecule has 1 aliphatic rings. The summed E-state index contributed by atoms with van der Waals surface area (Å²) in [5.41, 5.74) is 8.41. The number of piperidine rings is 1. The lowest BCUT2D eigenvalue weighted by atomic mass is 9.99. The van der Waals surface area contributed by atoms with E-state index >= 15 is 0 Å². The van der Waals surface area contributed by atoms with Gasteiger partial charge in [-0.05, 0) is 49.9 Å². The molecule has 2 N–H and O–H groups in total. The quantitative estimate of drug-likeness (QED) is 0.932. The van der Waals surface area contributed by atoms with E-state index in [2.05, 4.69) is 10.1 Å². The first-order valence-corrected chi connectivity index (χ1v) is 7.67. The molecular weight excluding hydrogens is 278 g/mol. The Morgan fingerprint density at radius 2 is 2.27 bits per heavy atom. The topological polar surface area (TPSA) is 77.0 Å². The van der Waals surface area contributed by atoms with Crippen molar-refractivity contribution in [3.8, 4) is 5.69 Å². The third kappa shape index (κ3) is 2.74. The van der Waals surface area contributed by atoms with Crippen molar-refractivity contribution in [2.75, 3.05) is 13.1 Å². The Morgan fingerprint density at radius 3 is 2.95 bits per heavy atom. The molecule has 0 saturated carbocycles. The van der Waals surface area contributed by atoms with E-state index < -0.39 is 0 Å². The van der Waals surface area contributed by atoms with Crippen LogP contribution in [0.1, 0.15) is 35.2 Å². The molecule has 22 heavy (non-hydrogen) atoms. The Morgan fingerprint density at radius 1 is 1.41 bits per heavy atom. The molecule has 2 heterocycles. The van der Waals surface area contributed by atoms with Crippen molar-refractivity contribution in [3.63, 3.8) is 0 Å². The summed E-state index contributed by atoms with van der Waals surface area (Å²) >= 11 is 0. The van der Waals surface area contributed by atoms with Crippen molar-refractivity contribution < 1.29 is 4.79 Å². The van der Waals surface area contributed by atoms with Gasteiger partial charge in [-0.15, -0.1) is 0 Å². The molecule has 1 unspecified atom stereocenters. The molecule has 1 aromatic carbocycles. The number of nitrogens with two attached hydrogens (primary N) is 1. The summed E-state index contributed by atoms with van der Waals surface area (Å²) < 4.78 is 1.69. The summed E-state index contributed by atoms with van der Waals surface area (Å²) in [7, 11) is 0.